The average Bonchev–Trinajstić information content (AvgIpc) is 2.66. The van der Waals surface area contributed by atoms with E-state index in [1.54, 1.807) is 19.1 Å². The van der Waals surface area contributed by atoms with E-state index in [-0.39, 0.29) is 18.7 Å². The van der Waals surface area contributed by atoms with Crippen LogP contribution in [-0.2, 0) is 16.8 Å². The summed E-state index contributed by atoms with van der Waals surface area (Å²) in [7, 11) is 0. The van der Waals surface area contributed by atoms with Crippen LogP contribution in [0.25, 0.3) is 0 Å². The van der Waals surface area contributed by atoms with Crippen LogP contribution in [0.15, 0.2) is 48.5 Å². The van der Waals surface area contributed by atoms with Crippen molar-refractivity contribution in [3.05, 3.63) is 64.7 Å². The Morgan fingerprint density at radius 3 is 2.03 bits per heavy atom. The predicted octanol–water partition coefficient (Wildman–Crippen LogP) is 5.64. The highest BCUT2D eigenvalue weighted by atomic mass is 35.5. The normalized spacial score (nSPS) is 12.7. The van der Waals surface area contributed by atoms with Gasteiger partial charge in [0.05, 0.1) is 10.7 Å². The van der Waals surface area contributed by atoms with Crippen molar-refractivity contribution in [3.63, 3.8) is 0 Å². The highest BCUT2D eigenvalue weighted by Crippen LogP contribution is 2.50. The maximum atomic E-state index is 13.1. The molecule has 2 aromatic rings. The maximum Gasteiger partial charge on any atom is 0.430 e. The lowest BCUT2D eigenvalue weighted by atomic mass is 9.92. The van der Waals surface area contributed by atoms with Crippen molar-refractivity contribution in [3.8, 4) is 0 Å². The Bertz CT molecular complexity index is 869. The zero-order valence-corrected chi connectivity index (χ0v) is 16.4. The number of amides is 1. The molecule has 0 fully saturated rings. The van der Waals surface area contributed by atoms with Crippen molar-refractivity contribution in [2.75, 3.05) is 11.4 Å². The van der Waals surface area contributed by atoms with Crippen LogP contribution in [0.1, 0.15) is 24.5 Å². The van der Waals surface area contributed by atoms with Crippen LogP contribution in [0.5, 0.6) is 0 Å². The molecular formula is C20H18ClF6NO2. The minimum atomic E-state index is -6.02. The van der Waals surface area contributed by atoms with Crippen LogP contribution in [0, 0.1) is 0 Å². The summed E-state index contributed by atoms with van der Waals surface area (Å²) in [5.41, 5.74) is -5.73. The van der Waals surface area contributed by atoms with Gasteiger partial charge in [-0.25, -0.2) is 0 Å². The Morgan fingerprint density at radius 1 is 1.00 bits per heavy atom. The van der Waals surface area contributed by atoms with E-state index in [0.29, 0.717) is 18.6 Å². The lowest BCUT2D eigenvalue weighted by Gasteiger charge is -2.33. The Morgan fingerprint density at radius 2 is 1.57 bits per heavy atom. The maximum absolute atomic E-state index is 13.1. The molecular weight excluding hydrogens is 436 g/mol. The minimum Gasteiger partial charge on any atom is -0.369 e. The zero-order valence-electron chi connectivity index (χ0n) is 15.7. The number of anilines is 1. The quantitative estimate of drug-likeness (QED) is 0.575. The van der Waals surface area contributed by atoms with Crippen LogP contribution < -0.4 is 4.90 Å². The number of carbonyl (C=O) groups excluding carboxylic acids is 1. The monoisotopic (exact) mass is 453 g/mol. The van der Waals surface area contributed by atoms with E-state index in [0.717, 1.165) is 16.5 Å². The predicted molar refractivity (Wildman–Crippen MR) is 100 cm³/mol. The topological polar surface area (TPSA) is 40.5 Å². The first kappa shape index (κ1) is 24.0. The Hall–Kier alpha value is -2.26. The second-order valence-corrected chi connectivity index (χ2v) is 6.90. The largest absolute Gasteiger partial charge is 0.430 e. The Kier molecular flexibility index (Phi) is 7.08. The molecule has 0 aliphatic carbocycles. The van der Waals surface area contributed by atoms with E-state index >= 15 is 0 Å². The van der Waals surface area contributed by atoms with Crippen molar-refractivity contribution in [2.45, 2.75) is 37.7 Å². The fourth-order valence-corrected chi connectivity index (χ4v) is 3.23. The number of halogens is 7. The number of alkyl halides is 6. The lowest BCUT2D eigenvalue weighted by Crippen LogP contribution is -2.53. The van der Waals surface area contributed by atoms with Crippen molar-refractivity contribution in [2.24, 2.45) is 0 Å². The van der Waals surface area contributed by atoms with E-state index in [4.69, 9.17) is 11.6 Å². The summed E-state index contributed by atoms with van der Waals surface area (Å²) < 4.78 is 78.3. The number of aliphatic hydroxyl groups is 1. The number of aryl methyl sites for hydroxylation is 1. The molecule has 0 bridgehead atoms. The number of hydrogen-bond acceptors (Lipinski definition) is 2. The number of rotatable bonds is 6. The fourth-order valence-electron chi connectivity index (χ4n) is 2.95. The van der Waals surface area contributed by atoms with Gasteiger partial charge >= 0.3 is 12.4 Å². The third-order valence-corrected chi connectivity index (χ3v) is 4.87. The molecule has 0 spiro atoms. The van der Waals surface area contributed by atoms with E-state index < -0.39 is 34.4 Å². The molecule has 164 valence electrons. The van der Waals surface area contributed by atoms with Crippen molar-refractivity contribution in [1.82, 2.24) is 0 Å². The summed E-state index contributed by atoms with van der Waals surface area (Å²) in [6.45, 7) is 1.68. The molecule has 1 amide bonds. The number of benzene rings is 2. The van der Waals surface area contributed by atoms with Gasteiger partial charge in [0.1, 0.15) is 0 Å². The first-order valence-electron chi connectivity index (χ1n) is 8.83. The van der Waals surface area contributed by atoms with Crippen LogP contribution in [-0.4, -0.2) is 29.9 Å². The van der Waals surface area contributed by atoms with Gasteiger partial charge in [0, 0.05) is 18.5 Å². The second kappa shape index (κ2) is 8.85. The summed E-state index contributed by atoms with van der Waals surface area (Å²) in [6.07, 6.45) is -11.6. The second-order valence-electron chi connectivity index (χ2n) is 6.50. The molecule has 1 N–H and O–H groups in total. The molecule has 30 heavy (non-hydrogen) atoms. The highest BCUT2D eigenvalue weighted by molar-refractivity contribution is 6.33. The van der Waals surface area contributed by atoms with Gasteiger partial charge in [-0.15, -0.1) is 0 Å². The summed E-state index contributed by atoms with van der Waals surface area (Å²) >= 11 is 5.93. The van der Waals surface area contributed by atoms with E-state index in [1.165, 1.54) is 0 Å². The Labute approximate surface area is 173 Å². The van der Waals surface area contributed by atoms with Gasteiger partial charge in [-0.1, -0.05) is 48.0 Å². The molecule has 0 aromatic heterocycles. The number of carbonyl (C=O) groups is 1. The standard InChI is InChI=1S/C20H18ClF6NO2/c1-2-28(17(29)11-8-13-6-4-3-5-7-13)16-10-9-14(12-15(16)21)18(30,19(22,23)24)20(25,26)27/h3-7,9-10,12,30H,2,8,11H2,1H3. The molecule has 0 saturated carbocycles. The van der Waals surface area contributed by atoms with E-state index in [2.05, 4.69) is 0 Å². The highest BCUT2D eigenvalue weighted by Gasteiger charge is 2.71. The molecule has 0 aliphatic rings. The van der Waals surface area contributed by atoms with Gasteiger partial charge < -0.3 is 10.0 Å². The number of nitrogens with zero attached hydrogens (tertiary/aromatic N) is 1. The third kappa shape index (κ3) is 4.73. The first-order chi connectivity index (χ1) is 13.8. The summed E-state index contributed by atoms with van der Waals surface area (Å²) in [5.74, 6) is -0.405. The molecule has 0 atom stereocenters. The summed E-state index contributed by atoms with van der Waals surface area (Å²) in [6, 6.07) is 10.8. The van der Waals surface area contributed by atoms with Crippen LogP contribution in [0.3, 0.4) is 0 Å². The molecule has 0 heterocycles. The van der Waals surface area contributed by atoms with Gasteiger partial charge in [0.15, 0.2) is 0 Å². The van der Waals surface area contributed by atoms with Crippen LogP contribution in [0.4, 0.5) is 32.0 Å². The van der Waals surface area contributed by atoms with Crippen molar-refractivity contribution < 1.29 is 36.2 Å². The molecule has 0 saturated heterocycles. The molecule has 2 aromatic carbocycles. The van der Waals surface area contributed by atoms with E-state index in [1.807, 2.05) is 18.2 Å². The smallest absolute Gasteiger partial charge is 0.369 e. The molecule has 3 nitrogen and oxygen atoms in total. The summed E-state index contributed by atoms with van der Waals surface area (Å²) in [4.78, 5) is 13.7. The average molecular weight is 454 g/mol. The SMILES string of the molecule is CCN(C(=O)CCc1ccccc1)c1ccc(C(O)(C(F)(F)F)C(F)(F)F)cc1Cl. The van der Waals surface area contributed by atoms with Gasteiger partial charge in [-0.05, 0) is 31.0 Å². The van der Waals surface area contributed by atoms with E-state index in [9.17, 15) is 36.2 Å². The molecule has 0 aliphatic heterocycles. The van der Waals surface area contributed by atoms with Gasteiger partial charge in [0.2, 0.25) is 5.91 Å². The van der Waals surface area contributed by atoms with Gasteiger partial charge in [-0.3, -0.25) is 4.79 Å². The summed E-state index contributed by atoms with van der Waals surface area (Å²) in [5, 5.41) is 8.98. The zero-order chi connectivity index (χ0) is 22.7. The van der Waals surface area contributed by atoms with Crippen molar-refractivity contribution in [1.29, 1.82) is 0 Å². The number of hydrogen-bond donors (Lipinski definition) is 1. The minimum absolute atomic E-state index is 0.0484. The molecule has 0 unspecified atom stereocenters. The van der Waals surface area contributed by atoms with Crippen molar-refractivity contribution >= 4 is 23.2 Å². The van der Waals surface area contributed by atoms with Crippen LogP contribution >= 0.6 is 11.6 Å². The molecule has 0 radical (unpaired) electrons. The lowest BCUT2D eigenvalue weighted by molar-refractivity contribution is -0.376. The Balaban J connectivity index is 2.33. The molecule has 10 heteroatoms. The fraction of sp³-hybridized carbons (Fsp3) is 0.350. The molecule has 2 rings (SSSR count). The first-order valence-corrected chi connectivity index (χ1v) is 9.20. The van der Waals surface area contributed by atoms with Gasteiger partial charge in [0.25, 0.3) is 5.60 Å². The third-order valence-electron chi connectivity index (χ3n) is 4.56. The van der Waals surface area contributed by atoms with Crippen LogP contribution in [0.2, 0.25) is 5.02 Å². The van der Waals surface area contributed by atoms with Gasteiger partial charge in [-0.2, -0.15) is 26.3 Å².